The number of thiol groups is 1. The molecule has 0 aliphatic carbocycles. The van der Waals surface area contributed by atoms with E-state index in [0.717, 1.165) is 17.0 Å². The molecule has 2 aromatic rings. The van der Waals surface area contributed by atoms with Gasteiger partial charge in [-0.15, -0.1) is 12.6 Å². The second kappa shape index (κ2) is 5.43. The van der Waals surface area contributed by atoms with E-state index in [1.807, 2.05) is 25.1 Å². The summed E-state index contributed by atoms with van der Waals surface area (Å²) in [6.07, 6.45) is 0. The van der Waals surface area contributed by atoms with E-state index in [4.69, 9.17) is 0 Å². The van der Waals surface area contributed by atoms with Crippen LogP contribution < -0.4 is 16.2 Å². The fraction of sp³-hybridized carbons (Fsp3) is 0.250. The molecule has 0 unspecified atom stereocenters. The van der Waals surface area contributed by atoms with Crippen molar-refractivity contribution in [1.82, 2.24) is 0 Å². The minimum atomic E-state index is -0.489. The normalized spacial score (nSPS) is 17.9. The van der Waals surface area contributed by atoms with Crippen LogP contribution in [0.1, 0.15) is 31.9 Å². The van der Waals surface area contributed by atoms with Crippen molar-refractivity contribution in [2.24, 2.45) is 0 Å². The second-order valence-corrected chi connectivity index (χ2v) is 6.12. The molecule has 1 aliphatic rings. The predicted molar refractivity (Wildman–Crippen MR) is 91.4 cm³/mol. The van der Waals surface area contributed by atoms with Crippen LogP contribution in [0.2, 0.25) is 0 Å². The van der Waals surface area contributed by atoms with Gasteiger partial charge in [-0.2, -0.15) is 0 Å². The summed E-state index contributed by atoms with van der Waals surface area (Å²) in [5.41, 5.74) is 3.30. The zero-order valence-corrected chi connectivity index (χ0v) is 12.5. The van der Waals surface area contributed by atoms with Crippen LogP contribution in [0, 0.1) is 0 Å². The average Bonchev–Trinajstić information content (AvgIpc) is 2.71. The van der Waals surface area contributed by atoms with E-state index in [1.54, 1.807) is 0 Å². The van der Waals surface area contributed by atoms with Crippen molar-refractivity contribution < 1.29 is 0 Å². The van der Waals surface area contributed by atoms with Gasteiger partial charge in [-0.25, -0.2) is 0 Å². The van der Waals surface area contributed by atoms with Crippen molar-refractivity contribution in [3.05, 3.63) is 61.5 Å². The van der Waals surface area contributed by atoms with Crippen molar-refractivity contribution in [2.45, 2.75) is 31.1 Å². The van der Waals surface area contributed by atoms with Crippen LogP contribution in [0.5, 0.6) is 0 Å². The number of para-hydroxylation sites is 1. The van der Waals surface area contributed by atoms with Crippen molar-refractivity contribution in [2.75, 3.05) is 5.32 Å². The van der Waals surface area contributed by atoms with Crippen LogP contribution in [0.25, 0.3) is 5.57 Å². The maximum atomic E-state index is 11.7. The summed E-state index contributed by atoms with van der Waals surface area (Å²) in [7, 11) is 0. The number of anilines is 1. The van der Waals surface area contributed by atoms with Gasteiger partial charge in [0.1, 0.15) is 0 Å². The molecule has 0 aromatic heterocycles. The van der Waals surface area contributed by atoms with Gasteiger partial charge in [-0.1, -0.05) is 32.0 Å². The molecule has 3 rings (SSSR count). The molecule has 0 saturated heterocycles. The van der Waals surface area contributed by atoms with E-state index >= 15 is 0 Å². The van der Waals surface area contributed by atoms with Crippen LogP contribution >= 0.6 is 12.6 Å². The maximum absolute atomic E-state index is 11.7. The van der Waals surface area contributed by atoms with Crippen molar-refractivity contribution in [1.29, 1.82) is 0 Å². The van der Waals surface area contributed by atoms with Crippen molar-refractivity contribution >= 4 is 53.4 Å². The van der Waals surface area contributed by atoms with Gasteiger partial charge < -0.3 is 5.32 Å². The van der Waals surface area contributed by atoms with Crippen molar-refractivity contribution in [3.63, 3.8) is 0 Å². The summed E-state index contributed by atoms with van der Waals surface area (Å²) in [6, 6.07) is 8.07. The molecular weight excluding hydrogens is 293 g/mol. The Hall–Kier alpha value is -0.810. The predicted octanol–water partition coefficient (Wildman–Crippen LogP) is 2.06. The molecule has 5 heteroatoms. The van der Waals surface area contributed by atoms with Gasteiger partial charge in [-0.3, -0.25) is 9.59 Å². The first-order valence-corrected chi connectivity index (χ1v) is 6.91. The number of hydrogen-bond acceptors (Lipinski definition) is 4. The first-order chi connectivity index (χ1) is 9.35. The molecule has 0 amide bonds. The average molecular weight is 309 g/mol. The molecule has 0 bridgehead atoms. The van der Waals surface area contributed by atoms with Crippen LogP contribution in [0.4, 0.5) is 5.69 Å². The minimum absolute atomic E-state index is 0. The summed E-state index contributed by atoms with van der Waals surface area (Å²) in [4.78, 5) is 23.4. The number of hydrogen-bond donors (Lipinski definition) is 2. The van der Waals surface area contributed by atoms with Gasteiger partial charge in [0.25, 0.3) is 0 Å². The van der Waals surface area contributed by atoms with Crippen molar-refractivity contribution in [3.8, 4) is 0 Å². The molecule has 0 spiro atoms. The number of nitrogens with one attached hydrogen (secondary N) is 1. The Morgan fingerprint density at radius 2 is 1.76 bits per heavy atom. The quantitative estimate of drug-likeness (QED) is 0.481. The van der Waals surface area contributed by atoms with Crippen LogP contribution in [0.15, 0.2) is 44.4 Å². The van der Waals surface area contributed by atoms with Gasteiger partial charge in [0.05, 0.1) is 4.90 Å². The topological polar surface area (TPSA) is 46.2 Å². The van der Waals surface area contributed by atoms with Gasteiger partial charge >= 0.3 is 29.6 Å². The Balaban J connectivity index is 0.00000161. The van der Waals surface area contributed by atoms with E-state index in [-0.39, 0.29) is 39.9 Å². The van der Waals surface area contributed by atoms with E-state index in [9.17, 15) is 9.59 Å². The Kier molecular flexibility index (Phi) is 4.28. The van der Waals surface area contributed by atoms with E-state index in [0.29, 0.717) is 5.56 Å². The molecule has 1 N–H and O–H groups in total. The molecular formula is C16H16NNaO2S. The summed E-state index contributed by atoms with van der Waals surface area (Å²) in [5.74, 6) is 0. The Labute approximate surface area is 150 Å². The third-order valence-electron chi connectivity index (χ3n) is 4.12. The van der Waals surface area contributed by atoms with Crippen LogP contribution in [-0.2, 0) is 5.41 Å². The molecule has 1 heterocycles. The number of rotatable bonds is 1. The number of benzene rings is 1. The number of fused-ring (bicyclic) bond motifs is 1. The molecule has 0 radical (unpaired) electrons. The third-order valence-corrected chi connectivity index (χ3v) is 4.55. The summed E-state index contributed by atoms with van der Waals surface area (Å²) < 4.78 is 0. The molecule has 0 fully saturated rings. The third kappa shape index (κ3) is 2.25. The first-order valence-electron chi connectivity index (χ1n) is 6.46. The van der Waals surface area contributed by atoms with Crippen LogP contribution in [0.3, 0.4) is 0 Å². The first kappa shape index (κ1) is 16.6. The Morgan fingerprint density at radius 1 is 1.14 bits per heavy atom. The molecule has 3 nitrogen and oxygen atoms in total. The molecule has 21 heavy (non-hydrogen) atoms. The molecule has 0 atom stereocenters. The Bertz CT molecular complexity index is 829. The van der Waals surface area contributed by atoms with Crippen LogP contribution in [-0.4, -0.2) is 29.6 Å². The van der Waals surface area contributed by atoms with Gasteiger partial charge in [0.2, 0.25) is 10.9 Å². The van der Waals surface area contributed by atoms with E-state index in [1.165, 1.54) is 5.56 Å². The SMILES string of the molecule is CC(=C1Nc2ccccc2C1(C)C)c1c(S)c(=O)c1=O.[NaH]. The second-order valence-electron chi connectivity index (χ2n) is 5.68. The van der Waals surface area contributed by atoms with E-state index in [2.05, 4.69) is 37.9 Å². The summed E-state index contributed by atoms with van der Waals surface area (Å²) in [6.45, 7) is 6.08. The van der Waals surface area contributed by atoms with Gasteiger partial charge in [0.15, 0.2) is 0 Å². The zero-order valence-electron chi connectivity index (χ0n) is 11.6. The van der Waals surface area contributed by atoms with E-state index < -0.39 is 10.9 Å². The molecule has 0 saturated carbocycles. The van der Waals surface area contributed by atoms with Gasteiger partial charge in [0, 0.05) is 22.4 Å². The van der Waals surface area contributed by atoms with Gasteiger partial charge in [-0.05, 0) is 24.1 Å². The standard InChI is InChI=1S/C16H15NO2S.Na.H/c1-8(11-12(18)13(19)14(11)20)15-16(2,3)9-6-4-5-7-10(9)17-15;;/h4-7,17,20H,1-3H3;;. The summed E-state index contributed by atoms with van der Waals surface area (Å²) >= 11 is 4.13. The summed E-state index contributed by atoms with van der Waals surface area (Å²) in [5, 5.41) is 3.38. The molecule has 1 aliphatic heterocycles. The Morgan fingerprint density at radius 3 is 2.33 bits per heavy atom. The number of allylic oxidation sites excluding steroid dienone is 2. The zero-order chi connectivity index (χ0) is 14.7. The monoisotopic (exact) mass is 309 g/mol. The molecule has 2 aromatic carbocycles. The molecule has 104 valence electrons. The fourth-order valence-corrected chi connectivity index (χ4v) is 3.35. The fourth-order valence-electron chi connectivity index (χ4n) is 2.98.